The lowest BCUT2D eigenvalue weighted by molar-refractivity contribution is -0.139. The number of aliphatic hydroxyl groups excluding tert-OH is 2. The number of nitrogens with one attached hydrogen (secondary N) is 1. The number of ketones is 1. The molecule has 2 aromatic rings. The van der Waals surface area contributed by atoms with E-state index in [4.69, 9.17) is 27.9 Å². The predicted octanol–water partition coefficient (Wildman–Crippen LogP) is 4.90. The summed E-state index contributed by atoms with van der Waals surface area (Å²) in [6.07, 6.45) is -1.66. The van der Waals surface area contributed by atoms with E-state index >= 15 is 0 Å². The molecule has 0 aliphatic heterocycles. The second-order valence-electron chi connectivity index (χ2n) is 9.10. The van der Waals surface area contributed by atoms with Gasteiger partial charge in [0.1, 0.15) is 0 Å². The van der Waals surface area contributed by atoms with Crippen molar-refractivity contribution < 1.29 is 29.6 Å². The van der Waals surface area contributed by atoms with Crippen LogP contribution in [0.3, 0.4) is 0 Å². The van der Waals surface area contributed by atoms with Crippen molar-refractivity contribution in [3.63, 3.8) is 0 Å². The van der Waals surface area contributed by atoms with Crippen LogP contribution in [0.4, 0.5) is 5.69 Å². The number of para-hydroxylation sites is 1. The number of phenols is 1. The van der Waals surface area contributed by atoms with Crippen molar-refractivity contribution in [2.75, 3.05) is 5.32 Å². The standard InChI is InChI=1S/C25H31Cl2NO6/c1-24(2,3)22(32)25(27,23(33)28-17-9-5-4-6-10-17)20(30)11-7-8-12-21(31)34-19-14-13-16(26)15-18(19)29/h4-6,9-10,13-15,20-21,29-31H,7-8,11-12H2,1-3H3,(H,28,33). The van der Waals surface area contributed by atoms with Crippen molar-refractivity contribution in [1.29, 1.82) is 0 Å². The Bertz CT molecular complexity index is 979. The number of hydrogen-bond acceptors (Lipinski definition) is 6. The molecule has 0 saturated carbocycles. The van der Waals surface area contributed by atoms with E-state index in [0.29, 0.717) is 23.6 Å². The van der Waals surface area contributed by atoms with Crippen LogP contribution in [0.5, 0.6) is 11.5 Å². The normalized spacial score (nSPS) is 15.1. The highest BCUT2D eigenvalue weighted by Gasteiger charge is 2.53. The highest BCUT2D eigenvalue weighted by atomic mass is 35.5. The number of phenolic OH excluding ortho intramolecular Hbond substituents is 1. The summed E-state index contributed by atoms with van der Waals surface area (Å²) in [7, 11) is 0. The molecule has 0 aliphatic carbocycles. The lowest BCUT2D eigenvalue weighted by Gasteiger charge is -2.34. The van der Waals surface area contributed by atoms with E-state index in [1.165, 1.54) is 18.2 Å². The van der Waals surface area contributed by atoms with Crippen LogP contribution in [0.1, 0.15) is 46.5 Å². The molecule has 34 heavy (non-hydrogen) atoms. The van der Waals surface area contributed by atoms with Crippen LogP contribution in [0.25, 0.3) is 0 Å². The largest absolute Gasteiger partial charge is 0.504 e. The van der Waals surface area contributed by atoms with Crippen LogP contribution in [0.15, 0.2) is 48.5 Å². The van der Waals surface area contributed by atoms with E-state index in [2.05, 4.69) is 5.32 Å². The molecule has 3 atom stereocenters. The van der Waals surface area contributed by atoms with E-state index in [-0.39, 0.29) is 24.3 Å². The van der Waals surface area contributed by atoms with Crippen molar-refractivity contribution in [3.8, 4) is 11.5 Å². The van der Waals surface area contributed by atoms with Gasteiger partial charge in [0.05, 0.1) is 6.10 Å². The number of unbranched alkanes of at least 4 members (excludes halogenated alkanes) is 1. The molecule has 0 spiro atoms. The second kappa shape index (κ2) is 11.9. The van der Waals surface area contributed by atoms with Gasteiger partial charge in [-0.15, -0.1) is 0 Å². The van der Waals surface area contributed by atoms with Crippen LogP contribution in [-0.2, 0) is 9.59 Å². The first kappa shape index (κ1) is 27.9. The number of aromatic hydroxyl groups is 1. The van der Waals surface area contributed by atoms with Gasteiger partial charge in [-0.2, -0.15) is 0 Å². The van der Waals surface area contributed by atoms with Gasteiger partial charge in [0.15, 0.2) is 23.6 Å². The molecule has 0 radical (unpaired) electrons. The summed E-state index contributed by atoms with van der Waals surface area (Å²) in [4.78, 5) is 24.0. The summed E-state index contributed by atoms with van der Waals surface area (Å²) < 4.78 is 5.30. The van der Waals surface area contributed by atoms with Gasteiger partial charge in [-0.3, -0.25) is 9.59 Å². The van der Waals surface area contributed by atoms with Gasteiger partial charge >= 0.3 is 0 Å². The summed E-state index contributed by atoms with van der Waals surface area (Å²) in [5.41, 5.74) is -0.515. The van der Waals surface area contributed by atoms with Crippen molar-refractivity contribution in [2.45, 2.75) is 63.7 Å². The summed E-state index contributed by atoms with van der Waals surface area (Å²) in [6, 6.07) is 12.8. The fourth-order valence-corrected chi connectivity index (χ4v) is 3.95. The first-order valence-electron chi connectivity index (χ1n) is 11.0. The average Bonchev–Trinajstić information content (AvgIpc) is 2.77. The maximum absolute atomic E-state index is 13.1. The Morgan fingerprint density at radius 2 is 1.65 bits per heavy atom. The molecule has 0 fully saturated rings. The molecule has 0 aromatic heterocycles. The molecular weight excluding hydrogens is 481 g/mol. The lowest BCUT2D eigenvalue weighted by atomic mass is 9.78. The Kier molecular flexibility index (Phi) is 9.76. The molecule has 0 aliphatic rings. The average molecular weight is 512 g/mol. The Morgan fingerprint density at radius 3 is 2.24 bits per heavy atom. The molecule has 186 valence electrons. The maximum atomic E-state index is 13.1. The van der Waals surface area contributed by atoms with Crippen molar-refractivity contribution in [1.82, 2.24) is 0 Å². The number of anilines is 1. The zero-order valence-electron chi connectivity index (χ0n) is 19.4. The molecule has 4 N–H and O–H groups in total. The molecule has 2 rings (SSSR count). The van der Waals surface area contributed by atoms with Crippen molar-refractivity contribution >= 4 is 40.6 Å². The van der Waals surface area contributed by atoms with Gasteiger partial charge in [-0.05, 0) is 37.1 Å². The summed E-state index contributed by atoms with van der Waals surface area (Å²) in [5, 5.41) is 33.7. The molecule has 0 bridgehead atoms. The quantitative estimate of drug-likeness (QED) is 0.147. The SMILES string of the molecule is CC(C)(C)C(=O)C(Cl)(C(=O)Nc1ccccc1)C(O)CCCCC(O)Oc1ccc(Cl)cc1O. The van der Waals surface area contributed by atoms with Crippen LogP contribution in [0.2, 0.25) is 5.02 Å². The molecule has 7 nitrogen and oxygen atoms in total. The van der Waals surface area contributed by atoms with Crippen molar-refractivity contribution in [2.24, 2.45) is 5.41 Å². The van der Waals surface area contributed by atoms with Gasteiger partial charge in [-0.1, -0.05) is 68.6 Å². The van der Waals surface area contributed by atoms with E-state index in [1.807, 2.05) is 0 Å². The Balaban J connectivity index is 1.99. The number of hydrogen-bond donors (Lipinski definition) is 4. The first-order chi connectivity index (χ1) is 15.9. The molecule has 3 unspecified atom stereocenters. The molecule has 1 amide bonds. The zero-order chi connectivity index (χ0) is 25.5. The molecule has 9 heteroatoms. The third kappa shape index (κ3) is 7.34. The molecule has 2 aromatic carbocycles. The highest BCUT2D eigenvalue weighted by Crippen LogP contribution is 2.35. The highest BCUT2D eigenvalue weighted by molar-refractivity contribution is 6.49. The number of carbonyl (C=O) groups excluding carboxylic acids is 2. The van der Waals surface area contributed by atoms with Crippen molar-refractivity contribution in [3.05, 3.63) is 53.6 Å². The van der Waals surface area contributed by atoms with E-state index in [1.54, 1.807) is 51.1 Å². The van der Waals surface area contributed by atoms with Gasteiger partial charge in [-0.25, -0.2) is 0 Å². The number of Topliss-reactive ketones (excluding diaryl/α,β-unsaturated/α-hetero) is 1. The number of ether oxygens (including phenoxy) is 1. The summed E-state index contributed by atoms with van der Waals surface area (Å²) in [5.74, 6) is -1.50. The van der Waals surface area contributed by atoms with E-state index in [9.17, 15) is 24.9 Å². The number of rotatable bonds is 11. The Hall–Kier alpha value is -2.32. The molecule has 0 heterocycles. The minimum absolute atomic E-state index is 0.0481. The second-order valence-corrected chi connectivity index (χ2v) is 10.1. The zero-order valence-corrected chi connectivity index (χ0v) is 20.9. The Labute approximate surface area is 209 Å². The smallest absolute Gasteiger partial charge is 0.255 e. The molecule has 0 saturated heterocycles. The minimum Gasteiger partial charge on any atom is -0.504 e. The van der Waals surface area contributed by atoms with Crippen LogP contribution >= 0.6 is 23.2 Å². The number of carbonyl (C=O) groups is 2. The van der Waals surface area contributed by atoms with Crippen LogP contribution in [-0.4, -0.2) is 44.3 Å². The number of halogens is 2. The van der Waals surface area contributed by atoms with Crippen LogP contribution < -0.4 is 10.1 Å². The van der Waals surface area contributed by atoms with Crippen LogP contribution in [0, 0.1) is 5.41 Å². The first-order valence-corrected chi connectivity index (χ1v) is 11.7. The lowest BCUT2D eigenvalue weighted by Crippen LogP contribution is -2.57. The molecular formula is C25H31Cl2NO6. The predicted molar refractivity (Wildman–Crippen MR) is 132 cm³/mol. The summed E-state index contributed by atoms with van der Waals surface area (Å²) >= 11 is 12.4. The fourth-order valence-electron chi connectivity index (χ4n) is 3.35. The van der Waals surface area contributed by atoms with Gasteiger partial charge in [0, 0.05) is 28.6 Å². The number of amides is 1. The fraction of sp³-hybridized carbons (Fsp3) is 0.440. The van der Waals surface area contributed by atoms with Gasteiger partial charge in [0.25, 0.3) is 5.91 Å². The Morgan fingerprint density at radius 1 is 1.03 bits per heavy atom. The van der Waals surface area contributed by atoms with Gasteiger partial charge < -0.3 is 25.4 Å². The maximum Gasteiger partial charge on any atom is 0.255 e. The van der Waals surface area contributed by atoms with E-state index in [0.717, 1.165) is 0 Å². The third-order valence-electron chi connectivity index (χ3n) is 5.20. The van der Waals surface area contributed by atoms with Gasteiger partial charge in [0.2, 0.25) is 4.87 Å². The third-order valence-corrected chi connectivity index (χ3v) is 6.03. The topological polar surface area (TPSA) is 116 Å². The summed E-state index contributed by atoms with van der Waals surface area (Å²) in [6.45, 7) is 4.90. The monoisotopic (exact) mass is 511 g/mol. The number of aliphatic hydroxyl groups is 2. The number of benzene rings is 2. The number of alkyl halides is 1. The van der Waals surface area contributed by atoms with E-state index < -0.39 is 34.4 Å². The minimum atomic E-state index is -2.18.